The zero-order chi connectivity index (χ0) is 18.9. The molecular formula is C19H20ClN5OS. The molecule has 0 aliphatic heterocycles. The SMILES string of the molecule is O=C(C[C@@H](Cn1cnnn1)c1ccc(Cl)cc1)NCCSc1ccccc1. The van der Waals surface area contributed by atoms with E-state index in [0.29, 0.717) is 24.5 Å². The molecule has 1 amide bonds. The molecule has 0 aliphatic rings. The van der Waals surface area contributed by atoms with E-state index < -0.39 is 0 Å². The zero-order valence-electron chi connectivity index (χ0n) is 14.7. The molecule has 0 saturated heterocycles. The van der Waals surface area contributed by atoms with Gasteiger partial charge in [-0.05, 0) is 40.3 Å². The summed E-state index contributed by atoms with van der Waals surface area (Å²) in [6.07, 6.45) is 1.91. The third-order valence-corrected chi connectivity index (χ3v) is 5.27. The van der Waals surface area contributed by atoms with Gasteiger partial charge in [0.1, 0.15) is 6.33 Å². The summed E-state index contributed by atoms with van der Waals surface area (Å²) >= 11 is 7.70. The molecule has 3 rings (SSSR count). The minimum Gasteiger partial charge on any atom is -0.355 e. The highest BCUT2D eigenvalue weighted by molar-refractivity contribution is 7.99. The lowest BCUT2D eigenvalue weighted by Gasteiger charge is -2.17. The predicted molar refractivity (Wildman–Crippen MR) is 107 cm³/mol. The van der Waals surface area contributed by atoms with Crippen LogP contribution in [0.25, 0.3) is 0 Å². The van der Waals surface area contributed by atoms with Crippen LogP contribution in [-0.2, 0) is 11.3 Å². The van der Waals surface area contributed by atoms with Crippen LogP contribution in [0.1, 0.15) is 17.9 Å². The van der Waals surface area contributed by atoms with E-state index in [-0.39, 0.29) is 11.8 Å². The smallest absolute Gasteiger partial charge is 0.220 e. The number of nitrogens with zero attached hydrogens (tertiary/aromatic N) is 4. The molecule has 6 nitrogen and oxygen atoms in total. The standard InChI is InChI=1S/C19H20ClN5OS/c20-17-8-6-15(7-9-17)16(13-25-14-22-23-24-25)12-19(26)21-10-11-27-18-4-2-1-3-5-18/h1-9,14,16H,10-13H2,(H,21,26)/t16-/m0/s1. The van der Waals surface area contributed by atoms with Gasteiger partial charge in [-0.2, -0.15) is 0 Å². The van der Waals surface area contributed by atoms with Crippen LogP contribution in [0.3, 0.4) is 0 Å². The van der Waals surface area contributed by atoms with Gasteiger partial charge in [0, 0.05) is 34.6 Å². The summed E-state index contributed by atoms with van der Waals surface area (Å²) < 4.78 is 1.64. The van der Waals surface area contributed by atoms with E-state index in [2.05, 4.69) is 33.0 Å². The van der Waals surface area contributed by atoms with Gasteiger partial charge in [0.25, 0.3) is 0 Å². The summed E-state index contributed by atoms with van der Waals surface area (Å²) in [6, 6.07) is 17.7. The Balaban J connectivity index is 1.53. The molecule has 27 heavy (non-hydrogen) atoms. The van der Waals surface area contributed by atoms with Gasteiger partial charge in [0.15, 0.2) is 0 Å². The monoisotopic (exact) mass is 401 g/mol. The Bertz CT molecular complexity index is 827. The van der Waals surface area contributed by atoms with Crippen LogP contribution in [0.15, 0.2) is 65.8 Å². The van der Waals surface area contributed by atoms with Crippen LogP contribution < -0.4 is 5.32 Å². The molecule has 8 heteroatoms. The van der Waals surface area contributed by atoms with Crippen molar-refractivity contribution in [3.8, 4) is 0 Å². The number of tetrazole rings is 1. The summed E-state index contributed by atoms with van der Waals surface area (Å²) in [5.41, 5.74) is 1.03. The molecule has 3 aromatic rings. The van der Waals surface area contributed by atoms with Crippen LogP contribution in [0.2, 0.25) is 5.02 Å². The number of thioether (sulfide) groups is 1. The van der Waals surface area contributed by atoms with Crippen LogP contribution >= 0.6 is 23.4 Å². The van der Waals surface area contributed by atoms with Gasteiger partial charge in [-0.25, -0.2) is 4.68 Å². The average Bonchev–Trinajstić information content (AvgIpc) is 3.19. The minimum atomic E-state index is -0.0347. The van der Waals surface area contributed by atoms with E-state index in [1.54, 1.807) is 22.8 Å². The Kier molecular flexibility index (Phi) is 7.24. The Labute approximate surface area is 167 Å². The second-order valence-electron chi connectivity index (χ2n) is 6.00. The van der Waals surface area contributed by atoms with Gasteiger partial charge in [-0.1, -0.05) is 41.9 Å². The molecule has 2 aromatic carbocycles. The number of amides is 1. The lowest BCUT2D eigenvalue weighted by molar-refractivity contribution is -0.121. The highest BCUT2D eigenvalue weighted by Gasteiger charge is 2.17. The van der Waals surface area contributed by atoms with E-state index in [9.17, 15) is 4.79 Å². The lowest BCUT2D eigenvalue weighted by atomic mass is 9.95. The fraction of sp³-hybridized carbons (Fsp3) is 0.263. The Hall–Kier alpha value is -2.38. The summed E-state index contributed by atoms with van der Waals surface area (Å²) in [5, 5.41) is 14.9. The Morgan fingerprint density at radius 1 is 1.15 bits per heavy atom. The first-order valence-electron chi connectivity index (χ1n) is 8.61. The maximum absolute atomic E-state index is 12.4. The first kappa shape index (κ1) is 19.4. The van der Waals surface area contributed by atoms with Crippen molar-refractivity contribution >= 4 is 29.3 Å². The summed E-state index contributed by atoms with van der Waals surface area (Å²) in [5.74, 6) is 0.804. The number of nitrogens with one attached hydrogen (secondary N) is 1. The topological polar surface area (TPSA) is 72.7 Å². The maximum atomic E-state index is 12.4. The lowest BCUT2D eigenvalue weighted by Crippen LogP contribution is -2.28. The van der Waals surface area contributed by atoms with Crippen molar-refractivity contribution in [1.82, 2.24) is 25.5 Å². The predicted octanol–water partition coefficient (Wildman–Crippen LogP) is 3.41. The largest absolute Gasteiger partial charge is 0.355 e. The van der Waals surface area contributed by atoms with Crippen LogP contribution in [0, 0.1) is 0 Å². The number of carbonyl (C=O) groups excluding carboxylic acids is 1. The molecule has 1 N–H and O–H groups in total. The Morgan fingerprint density at radius 2 is 1.93 bits per heavy atom. The van der Waals surface area contributed by atoms with E-state index in [0.717, 1.165) is 11.3 Å². The number of rotatable bonds is 9. The molecule has 0 fully saturated rings. The third kappa shape index (κ3) is 6.37. The molecule has 0 bridgehead atoms. The van der Waals surface area contributed by atoms with Crippen molar-refractivity contribution in [2.24, 2.45) is 0 Å². The van der Waals surface area contributed by atoms with E-state index in [4.69, 9.17) is 11.6 Å². The van der Waals surface area contributed by atoms with Crippen LogP contribution in [0.4, 0.5) is 0 Å². The molecule has 0 radical (unpaired) electrons. The molecule has 140 valence electrons. The molecule has 1 aromatic heterocycles. The van der Waals surface area contributed by atoms with Gasteiger partial charge >= 0.3 is 0 Å². The number of aromatic nitrogens is 4. The van der Waals surface area contributed by atoms with Gasteiger partial charge in [-0.3, -0.25) is 4.79 Å². The van der Waals surface area contributed by atoms with Crippen LogP contribution in [0.5, 0.6) is 0 Å². The van der Waals surface area contributed by atoms with Crippen molar-refractivity contribution < 1.29 is 4.79 Å². The van der Waals surface area contributed by atoms with Crippen molar-refractivity contribution in [2.75, 3.05) is 12.3 Å². The summed E-state index contributed by atoms with van der Waals surface area (Å²) in [4.78, 5) is 13.6. The second kappa shape index (κ2) is 10.1. The van der Waals surface area contributed by atoms with Gasteiger partial charge in [0.05, 0.1) is 6.54 Å². The fourth-order valence-electron chi connectivity index (χ4n) is 2.68. The number of halogens is 1. The first-order chi connectivity index (χ1) is 13.2. The van der Waals surface area contributed by atoms with Gasteiger partial charge < -0.3 is 5.32 Å². The number of hydrogen-bond donors (Lipinski definition) is 1. The van der Waals surface area contributed by atoms with Crippen LogP contribution in [-0.4, -0.2) is 38.4 Å². The molecule has 0 unspecified atom stereocenters. The van der Waals surface area contributed by atoms with Crippen molar-refractivity contribution in [3.05, 3.63) is 71.5 Å². The van der Waals surface area contributed by atoms with Crippen molar-refractivity contribution in [1.29, 1.82) is 0 Å². The van der Waals surface area contributed by atoms with Gasteiger partial charge in [0.2, 0.25) is 5.91 Å². The Morgan fingerprint density at radius 3 is 2.63 bits per heavy atom. The molecule has 1 atom stereocenters. The van der Waals surface area contributed by atoms with Crippen molar-refractivity contribution in [2.45, 2.75) is 23.8 Å². The fourth-order valence-corrected chi connectivity index (χ4v) is 3.60. The maximum Gasteiger partial charge on any atom is 0.220 e. The van der Waals surface area contributed by atoms with Crippen molar-refractivity contribution in [3.63, 3.8) is 0 Å². The number of carbonyl (C=O) groups is 1. The quantitative estimate of drug-likeness (QED) is 0.439. The average molecular weight is 402 g/mol. The molecule has 0 saturated carbocycles. The number of benzene rings is 2. The molecule has 0 aliphatic carbocycles. The van der Waals surface area contributed by atoms with E-state index in [1.807, 2.05) is 42.5 Å². The summed E-state index contributed by atoms with van der Waals surface area (Å²) in [6.45, 7) is 1.15. The third-order valence-electron chi connectivity index (χ3n) is 4.01. The highest BCUT2D eigenvalue weighted by atomic mass is 35.5. The highest BCUT2D eigenvalue weighted by Crippen LogP contribution is 2.23. The second-order valence-corrected chi connectivity index (χ2v) is 7.60. The molecule has 0 spiro atoms. The molecule has 1 heterocycles. The minimum absolute atomic E-state index is 0.0108. The van der Waals surface area contributed by atoms with E-state index in [1.165, 1.54) is 4.90 Å². The first-order valence-corrected chi connectivity index (χ1v) is 9.98. The molecular weight excluding hydrogens is 382 g/mol. The van der Waals surface area contributed by atoms with E-state index >= 15 is 0 Å². The van der Waals surface area contributed by atoms with Gasteiger partial charge in [-0.15, -0.1) is 16.9 Å². The zero-order valence-corrected chi connectivity index (χ0v) is 16.2. The number of hydrogen-bond acceptors (Lipinski definition) is 5. The summed E-state index contributed by atoms with van der Waals surface area (Å²) in [7, 11) is 0. The normalized spacial score (nSPS) is 11.9.